The molecule has 1 amide bonds. The smallest absolute Gasteiger partial charge is 0.224 e. The van der Waals surface area contributed by atoms with E-state index in [1.54, 1.807) is 7.11 Å². The topological polar surface area (TPSA) is 41.6 Å². The maximum Gasteiger partial charge on any atom is 0.224 e. The van der Waals surface area contributed by atoms with E-state index >= 15 is 0 Å². The minimum Gasteiger partial charge on any atom is -0.497 e. The van der Waals surface area contributed by atoms with Gasteiger partial charge in [-0.1, -0.05) is 42.5 Å². The van der Waals surface area contributed by atoms with Crippen LogP contribution in [0.5, 0.6) is 5.75 Å². The third-order valence-corrected chi connectivity index (χ3v) is 4.78. The molecule has 0 unspecified atom stereocenters. The van der Waals surface area contributed by atoms with Gasteiger partial charge in [0.25, 0.3) is 0 Å². The molecule has 0 aromatic heterocycles. The van der Waals surface area contributed by atoms with Gasteiger partial charge in [0, 0.05) is 6.54 Å². The molecular weight excluding hydrogens is 312 g/mol. The van der Waals surface area contributed by atoms with E-state index in [-0.39, 0.29) is 11.9 Å². The van der Waals surface area contributed by atoms with E-state index < -0.39 is 0 Å². The Bertz CT molecular complexity index is 664. The summed E-state index contributed by atoms with van der Waals surface area (Å²) in [5, 5.41) is 3.12. The number of carbonyl (C=O) groups excluding carboxylic acids is 1. The van der Waals surface area contributed by atoms with E-state index in [2.05, 4.69) is 22.3 Å². The first-order valence-electron chi connectivity index (χ1n) is 8.95. The molecule has 1 saturated heterocycles. The Morgan fingerprint density at radius 1 is 1.08 bits per heavy atom. The maximum atomic E-state index is 12.3. The standard InChI is InChI=1S/C21H26N2O2/c1-25-19-11-9-18(10-12-19)20(23-13-5-6-14-23)16-22-21(24)15-17-7-3-2-4-8-17/h2-4,7-12,20H,5-6,13-16H2,1H3,(H,22,24)/t20-/m0/s1. The Kier molecular flexibility index (Phi) is 6.07. The number of carbonyl (C=O) groups is 1. The molecule has 1 fully saturated rings. The van der Waals surface area contributed by atoms with Gasteiger partial charge in [0.2, 0.25) is 5.91 Å². The third-order valence-electron chi connectivity index (χ3n) is 4.78. The Labute approximate surface area is 149 Å². The quantitative estimate of drug-likeness (QED) is 0.843. The van der Waals surface area contributed by atoms with E-state index in [1.807, 2.05) is 42.5 Å². The van der Waals surface area contributed by atoms with Gasteiger partial charge in [0.15, 0.2) is 0 Å². The number of rotatable bonds is 7. The van der Waals surface area contributed by atoms with Gasteiger partial charge in [-0.3, -0.25) is 9.69 Å². The average Bonchev–Trinajstić information content (AvgIpc) is 3.18. The zero-order valence-electron chi connectivity index (χ0n) is 14.8. The lowest BCUT2D eigenvalue weighted by Gasteiger charge is -2.28. The van der Waals surface area contributed by atoms with Gasteiger partial charge in [-0.05, 0) is 49.2 Å². The molecule has 0 aliphatic carbocycles. The van der Waals surface area contributed by atoms with Crippen LogP contribution in [0.3, 0.4) is 0 Å². The lowest BCUT2D eigenvalue weighted by molar-refractivity contribution is -0.120. The van der Waals surface area contributed by atoms with Crippen LogP contribution < -0.4 is 10.1 Å². The van der Waals surface area contributed by atoms with Gasteiger partial charge in [-0.15, -0.1) is 0 Å². The van der Waals surface area contributed by atoms with E-state index in [4.69, 9.17) is 4.74 Å². The lowest BCUT2D eigenvalue weighted by Crippen LogP contribution is -2.37. The van der Waals surface area contributed by atoms with Crippen molar-refractivity contribution in [3.05, 3.63) is 65.7 Å². The van der Waals surface area contributed by atoms with Crippen LogP contribution in [0.1, 0.15) is 30.0 Å². The van der Waals surface area contributed by atoms with Crippen molar-refractivity contribution in [2.45, 2.75) is 25.3 Å². The summed E-state index contributed by atoms with van der Waals surface area (Å²) in [6.07, 6.45) is 2.88. The van der Waals surface area contributed by atoms with Crippen molar-refractivity contribution in [1.29, 1.82) is 0 Å². The highest BCUT2D eigenvalue weighted by Crippen LogP contribution is 2.26. The largest absolute Gasteiger partial charge is 0.497 e. The summed E-state index contributed by atoms with van der Waals surface area (Å²) in [6.45, 7) is 2.81. The molecule has 1 heterocycles. The molecule has 4 nitrogen and oxygen atoms in total. The first kappa shape index (κ1) is 17.5. The Morgan fingerprint density at radius 3 is 2.40 bits per heavy atom. The molecule has 25 heavy (non-hydrogen) atoms. The molecule has 132 valence electrons. The van der Waals surface area contributed by atoms with Crippen molar-refractivity contribution in [2.75, 3.05) is 26.7 Å². The summed E-state index contributed by atoms with van der Waals surface area (Å²) in [7, 11) is 1.68. The first-order chi connectivity index (χ1) is 12.3. The number of nitrogens with one attached hydrogen (secondary N) is 1. The monoisotopic (exact) mass is 338 g/mol. The Balaban J connectivity index is 1.64. The summed E-state index contributed by atoms with van der Waals surface area (Å²) in [4.78, 5) is 14.8. The van der Waals surface area contributed by atoms with Gasteiger partial charge in [0.1, 0.15) is 5.75 Å². The molecule has 4 heteroatoms. The van der Waals surface area contributed by atoms with Crippen LogP contribution >= 0.6 is 0 Å². The van der Waals surface area contributed by atoms with Crippen molar-refractivity contribution < 1.29 is 9.53 Å². The highest BCUT2D eigenvalue weighted by molar-refractivity contribution is 5.78. The molecule has 2 aromatic carbocycles. The molecule has 0 spiro atoms. The molecule has 0 radical (unpaired) electrons. The summed E-state index contributed by atoms with van der Waals surface area (Å²) >= 11 is 0. The van der Waals surface area contributed by atoms with E-state index in [0.29, 0.717) is 13.0 Å². The fourth-order valence-corrected chi connectivity index (χ4v) is 3.39. The zero-order chi connectivity index (χ0) is 17.5. The number of nitrogens with zero attached hydrogens (tertiary/aromatic N) is 1. The van der Waals surface area contributed by atoms with Crippen molar-refractivity contribution in [3.63, 3.8) is 0 Å². The molecule has 0 bridgehead atoms. The van der Waals surface area contributed by atoms with Crippen molar-refractivity contribution in [3.8, 4) is 5.75 Å². The highest BCUT2D eigenvalue weighted by atomic mass is 16.5. The summed E-state index contributed by atoms with van der Waals surface area (Å²) < 4.78 is 5.26. The fraction of sp³-hybridized carbons (Fsp3) is 0.381. The molecule has 1 N–H and O–H groups in total. The Hall–Kier alpha value is -2.33. The normalized spacial score (nSPS) is 15.7. The van der Waals surface area contributed by atoms with Crippen molar-refractivity contribution in [2.24, 2.45) is 0 Å². The second-order valence-corrected chi connectivity index (χ2v) is 6.50. The summed E-state index contributed by atoms with van der Waals surface area (Å²) in [6, 6.07) is 18.3. The maximum absolute atomic E-state index is 12.3. The number of amides is 1. The lowest BCUT2D eigenvalue weighted by atomic mass is 10.0. The third kappa shape index (κ3) is 4.83. The molecule has 2 aromatic rings. The molecule has 1 atom stereocenters. The highest BCUT2D eigenvalue weighted by Gasteiger charge is 2.24. The van der Waals surface area contributed by atoms with Gasteiger partial charge in [-0.2, -0.15) is 0 Å². The fourth-order valence-electron chi connectivity index (χ4n) is 3.39. The molecule has 3 rings (SSSR count). The number of methoxy groups -OCH3 is 1. The minimum absolute atomic E-state index is 0.0731. The molecule has 0 saturated carbocycles. The van der Waals surface area contributed by atoms with Crippen LogP contribution in [0.4, 0.5) is 0 Å². The Morgan fingerprint density at radius 2 is 1.76 bits per heavy atom. The zero-order valence-corrected chi connectivity index (χ0v) is 14.8. The van der Waals surface area contributed by atoms with E-state index in [1.165, 1.54) is 18.4 Å². The second kappa shape index (κ2) is 8.67. The number of ether oxygens (including phenoxy) is 1. The SMILES string of the molecule is COc1ccc([C@H](CNC(=O)Cc2ccccc2)N2CCCC2)cc1. The first-order valence-corrected chi connectivity index (χ1v) is 8.95. The van der Waals surface area contributed by atoms with Crippen LogP contribution in [-0.4, -0.2) is 37.6 Å². The number of likely N-dealkylation sites (tertiary alicyclic amines) is 1. The summed E-state index contributed by atoms with van der Waals surface area (Å²) in [5.74, 6) is 0.931. The van der Waals surface area contributed by atoms with Crippen LogP contribution in [0.2, 0.25) is 0 Å². The van der Waals surface area contributed by atoms with Gasteiger partial charge >= 0.3 is 0 Å². The predicted octanol–water partition coefficient (Wildman–Crippen LogP) is 3.19. The van der Waals surface area contributed by atoms with E-state index in [9.17, 15) is 4.79 Å². The molecule has 1 aliphatic rings. The molecule has 1 aliphatic heterocycles. The van der Waals surface area contributed by atoms with Crippen LogP contribution in [0.15, 0.2) is 54.6 Å². The van der Waals surface area contributed by atoms with Crippen molar-refractivity contribution in [1.82, 2.24) is 10.2 Å². The van der Waals surface area contributed by atoms with Gasteiger partial charge in [-0.25, -0.2) is 0 Å². The summed E-state index contributed by atoms with van der Waals surface area (Å²) in [5.41, 5.74) is 2.27. The number of hydrogen-bond donors (Lipinski definition) is 1. The number of hydrogen-bond acceptors (Lipinski definition) is 3. The number of benzene rings is 2. The predicted molar refractivity (Wildman–Crippen MR) is 99.7 cm³/mol. The molecular formula is C21H26N2O2. The van der Waals surface area contributed by atoms with Gasteiger partial charge in [0.05, 0.1) is 19.6 Å². The minimum atomic E-state index is 0.0731. The van der Waals surface area contributed by atoms with E-state index in [0.717, 1.165) is 24.4 Å². The van der Waals surface area contributed by atoms with Crippen LogP contribution in [-0.2, 0) is 11.2 Å². The van der Waals surface area contributed by atoms with Crippen LogP contribution in [0.25, 0.3) is 0 Å². The average molecular weight is 338 g/mol. The second-order valence-electron chi connectivity index (χ2n) is 6.50. The van der Waals surface area contributed by atoms with Gasteiger partial charge < -0.3 is 10.1 Å². The van der Waals surface area contributed by atoms with Crippen molar-refractivity contribution >= 4 is 5.91 Å². The van der Waals surface area contributed by atoms with Crippen LogP contribution in [0, 0.1) is 0 Å².